The van der Waals surface area contributed by atoms with E-state index >= 15 is 0 Å². The molecule has 1 aliphatic carbocycles. The average Bonchev–Trinajstić information content (AvgIpc) is 2.81. The summed E-state index contributed by atoms with van der Waals surface area (Å²) < 4.78 is 5.85. The van der Waals surface area contributed by atoms with E-state index in [1.807, 2.05) is 19.1 Å². The smallest absolute Gasteiger partial charge is 0.260 e. The minimum Gasteiger partial charge on any atom is -0.399 e. The van der Waals surface area contributed by atoms with Crippen molar-refractivity contribution in [3.8, 4) is 0 Å². The number of hydrogen-bond acceptors (Lipinski definition) is 4. The Bertz CT molecular complexity index is 927. The summed E-state index contributed by atoms with van der Waals surface area (Å²) in [6.07, 6.45) is 7.18. The van der Waals surface area contributed by atoms with Gasteiger partial charge in [-0.15, -0.1) is 0 Å². The molecule has 1 unspecified atom stereocenters. The number of pyridine rings is 1. The fourth-order valence-corrected chi connectivity index (χ4v) is 2.97. The summed E-state index contributed by atoms with van der Waals surface area (Å²) in [5.74, 6) is -0.469. The monoisotopic (exact) mass is 353 g/mol. The third-order valence-electron chi connectivity index (χ3n) is 4.29. The van der Waals surface area contributed by atoms with Crippen molar-refractivity contribution in [2.45, 2.75) is 32.3 Å². The SMILES string of the molecule is CCCOC1CCC=C(N)C=C1NC(=O)c1c[nH]c2ccccc2c1=O. The molecule has 0 fully saturated rings. The Balaban J connectivity index is 1.88. The van der Waals surface area contributed by atoms with Crippen LogP contribution < -0.4 is 16.5 Å². The fraction of sp³-hybridized carbons (Fsp3) is 0.300. The molecule has 0 spiro atoms. The number of amides is 1. The number of carbonyl (C=O) groups is 1. The maximum absolute atomic E-state index is 12.7. The summed E-state index contributed by atoms with van der Waals surface area (Å²) in [6, 6.07) is 7.10. The van der Waals surface area contributed by atoms with E-state index < -0.39 is 5.91 Å². The van der Waals surface area contributed by atoms with E-state index in [1.54, 1.807) is 24.3 Å². The topological polar surface area (TPSA) is 97.2 Å². The Morgan fingerprint density at radius 2 is 2.19 bits per heavy atom. The fourth-order valence-electron chi connectivity index (χ4n) is 2.97. The van der Waals surface area contributed by atoms with Gasteiger partial charge >= 0.3 is 0 Å². The molecule has 1 heterocycles. The molecule has 0 saturated carbocycles. The van der Waals surface area contributed by atoms with Crippen LogP contribution in [0.5, 0.6) is 0 Å². The van der Waals surface area contributed by atoms with E-state index in [4.69, 9.17) is 10.5 Å². The maximum Gasteiger partial charge on any atom is 0.260 e. The van der Waals surface area contributed by atoms with Crippen LogP contribution in [0.4, 0.5) is 0 Å². The molecule has 1 aromatic heterocycles. The molecule has 2 aromatic rings. The highest BCUT2D eigenvalue weighted by Crippen LogP contribution is 2.18. The summed E-state index contributed by atoms with van der Waals surface area (Å²) >= 11 is 0. The first kappa shape index (κ1) is 17.9. The molecule has 6 nitrogen and oxygen atoms in total. The average molecular weight is 353 g/mol. The van der Waals surface area contributed by atoms with Gasteiger partial charge in [-0.2, -0.15) is 0 Å². The number of benzene rings is 1. The van der Waals surface area contributed by atoms with Crippen molar-refractivity contribution >= 4 is 16.8 Å². The molecule has 0 aliphatic heterocycles. The van der Waals surface area contributed by atoms with Crippen LogP contribution in [0, 0.1) is 0 Å². The number of rotatable bonds is 5. The number of aromatic nitrogens is 1. The lowest BCUT2D eigenvalue weighted by Crippen LogP contribution is -2.34. The van der Waals surface area contributed by atoms with Crippen LogP contribution in [-0.2, 0) is 4.74 Å². The van der Waals surface area contributed by atoms with Gasteiger partial charge < -0.3 is 20.8 Å². The van der Waals surface area contributed by atoms with E-state index in [0.717, 1.165) is 19.3 Å². The Hall–Kier alpha value is -2.86. The van der Waals surface area contributed by atoms with Gasteiger partial charge in [0.15, 0.2) is 0 Å². The first-order valence-electron chi connectivity index (χ1n) is 8.80. The zero-order chi connectivity index (χ0) is 18.5. The molecular formula is C20H23N3O3. The minimum absolute atomic E-state index is 0.0608. The molecule has 1 amide bonds. The van der Waals surface area contributed by atoms with Crippen LogP contribution in [0.3, 0.4) is 0 Å². The van der Waals surface area contributed by atoms with Crippen molar-refractivity contribution in [3.63, 3.8) is 0 Å². The molecule has 1 aromatic carbocycles. The van der Waals surface area contributed by atoms with Gasteiger partial charge in [0, 0.05) is 35.1 Å². The number of fused-ring (bicyclic) bond motifs is 1. The number of aromatic amines is 1. The number of allylic oxidation sites excluding steroid dienone is 2. The number of ether oxygens (including phenoxy) is 1. The second-order valence-electron chi connectivity index (χ2n) is 6.27. The van der Waals surface area contributed by atoms with Gasteiger partial charge in [-0.3, -0.25) is 9.59 Å². The van der Waals surface area contributed by atoms with E-state index in [9.17, 15) is 9.59 Å². The summed E-state index contributed by atoms with van der Waals surface area (Å²) in [6.45, 7) is 2.62. The molecule has 6 heteroatoms. The zero-order valence-electron chi connectivity index (χ0n) is 14.7. The highest BCUT2D eigenvalue weighted by molar-refractivity contribution is 5.98. The van der Waals surface area contributed by atoms with Gasteiger partial charge in [0.1, 0.15) is 5.56 Å². The Morgan fingerprint density at radius 3 is 3.00 bits per heavy atom. The van der Waals surface area contributed by atoms with Crippen molar-refractivity contribution in [2.75, 3.05) is 6.61 Å². The van der Waals surface area contributed by atoms with Gasteiger partial charge in [-0.05, 0) is 37.5 Å². The quantitative estimate of drug-likeness (QED) is 0.769. The predicted molar refractivity (Wildman–Crippen MR) is 102 cm³/mol. The van der Waals surface area contributed by atoms with E-state index in [0.29, 0.717) is 28.9 Å². The summed E-state index contributed by atoms with van der Waals surface area (Å²) in [4.78, 5) is 28.4. The lowest BCUT2D eigenvalue weighted by molar-refractivity contribution is 0.0656. The van der Waals surface area contributed by atoms with Gasteiger partial charge in [-0.25, -0.2) is 0 Å². The summed E-state index contributed by atoms with van der Waals surface area (Å²) in [5, 5.41) is 3.31. The van der Waals surface area contributed by atoms with Crippen LogP contribution in [-0.4, -0.2) is 23.6 Å². The Kier molecular flexibility index (Phi) is 5.53. The van der Waals surface area contributed by atoms with Gasteiger partial charge in [-0.1, -0.05) is 25.1 Å². The van der Waals surface area contributed by atoms with E-state index in [2.05, 4.69) is 10.3 Å². The van der Waals surface area contributed by atoms with Crippen LogP contribution >= 0.6 is 0 Å². The molecule has 1 aliphatic rings. The van der Waals surface area contributed by atoms with Crippen LogP contribution in [0.25, 0.3) is 10.9 Å². The Morgan fingerprint density at radius 1 is 1.38 bits per heavy atom. The van der Waals surface area contributed by atoms with Crippen molar-refractivity contribution < 1.29 is 9.53 Å². The molecule has 3 rings (SSSR count). The lowest BCUT2D eigenvalue weighted by atomic mass is 10.1. The largest absolute Gasteiger partial charge is 0.399 e. The van der Waals surface area contributed by atoms with Crippen LogP contribution in [0.15, 0.2) is 58.8 Å². The minimum atomic E-state index is -0.469. The second kappa shape index (κ2) is 8.01. The number of nitrogens with two attached hydrogens (primary N) is 1. The normalized spacial score (nSPS) is 17.3. The van der Waals surface area contributed by atoms with Gasteiger partial charge in [0.2, 0.25) is 5.43 Å². The molecule has 4 N–H and O–H groups in total. The maximum atomic E-state index is 12.7. The first-order valence-corrected chi connectivity index (χ1v) is 8.80. The molecule has 136 valence electrons. The molecule has 1 atom stereocenters. The molecular weight excluding hydrogens is 330 g/mol. The van der Waals surface area contributed by atoms with Crippen molar-refractivity contribution in [2.24, 2.45) is 5.73 Å². The molecule has 26 heavy (non-hydrogen) atoms. The standard InChI is InChI=1S/C20H23N3O3/c1-2-10-26-18-9-5-6-13(21)11-17(18)23-20(25)15-12-22-16-8-4-3-7-14(16)19(15)24/h3-4,6-8,11-12,18H,2,5,9-10,21H2,1H3,(H,22,24)(H,23,25). The summed E-state index contributed by atoms with van der Waals surface area (Å²) in [7, 11) is 0. The lowest BCUT2D eigenvalue weighted by Gasteiger charge is -2.20. The van der Waals surface area contributed by atoms with E-state index in [-0.39, 0.29) is 17.1 Å². The van der Waals surface area contributed by atoms with Crippen molar-refractivity contribution in [3.05, 3.63) is 69.8 Å². The molecule has 0 bridgehead atoms. The highest BCUT2D eigenvalue weighted by atomic mass is 16.5. The van der Waals surface area contributed by atoms with Crippen molar-refractivity contribution in [1.29, 1.82) is 0 Å². The number of carbonyl (C=O) groups excluding carboxylic acids is 1. The molecule has 0 saturated heterocycles. The second-order valence-corrected chi connectivity index (χ2v) is 6.27. The zero-order valence-corrected chi connectivity index (χ0v) is 14.7. The van der Waals surface area contributed by atoms with Crippen LogP contribution in [0.1, 0.15) is 36.5 Å². The Labute approximate surface area is 151 Å². The third kappa shape index (κ3) is 3.86. The molecule has 0 radical (unpaired) electrons. The number of nitrogens with one attached hydrogen (secondary N) is 2. The predicted octanol–water partition coefficient (Wildman–Crippen LogP) is 2.57. The van der Waals surface area contributed by atoms with E-state index in [1.165, 1.54) is 6.20 Å². The first-order chi connectivity index (χ1) is 12.6. The number of hydrogen-bond donors (Lipinski definition) is 3. The van der Waals surface area contributed by atoms with Crippen molar-refractivity contribution in [1.82, 2.24) is 10.3 Å². The highest BCUT2D eigenvalue weighted by Gasteiger charge is 2.21. The van der Waals surface area contributed by atoms with Crippen LogP contribution in [0.2, 0.25) is 0 Å². The number of para-hydroxylation sites is 1. The van der Waals surface area contributed by atoms with Gasteiger partial charge in [0.05, 0.1) is 6.10 Å². The third-order valence-corrected chi connectivity index (χ3v) is 4.29. The van der Waals surface area contributed by atoms with Gasteiger partial charge in [0.25, 0.3) is 5.91 Å². The summed E-state index contributed by atoms with van der Waals surface area (Å²) in [5.41, 5.74) is 7.56. The number of H-pyrrole nitrogens is 1.